The summed E-state index contributed by atoms with van der Waals surface area (Å²) < 4.78 is 0. The van der Waals surface area contributed by atoms with Crippen molar-refractivity contribution in [2.75, 3.05) is 5.88 Å². The van der Waals surface area contributed by atoms with Crippen molar-refractivity contribution in [1.29, 1.82) is 0 Å². The highest BCUT2D eigenvalue weighted by atomic mass is 35.5. The molecular formula is C10H17Cl. The van der Waals surface area contributed by atoms with Crippen molar-refractivity contribution < 1.29 is 0 Å². The van der Waals surface area contributed by atoms with Crippen molar-refractivity contribution in [3.63, 3.8) is 0 Å². The van der Waals surface area contributed by atoms with Gasteiger partial charge in [-0.2, -0.15) is 0 Å². The Labute approximate surface area is 74.6 Å². The summed E-state index contributed by atoms with van der Waals surface area (Å²) in [5.74, 6) is 2.57. The maximum atomic E-state index is 5.78. The topological polar surface area (TPSA) is 0 Å². The van der Waals surface area contributed by atoms with Crippen LogP contribution in [0.1, 0.15) is 32.1 Å². The van der Waals surface area contributed by atoms with Crippen LogP contribution in [-0.2, 0) is 0 Å². The van der Waals surface area contributed by atoms with E-state index >= 15 is 0 Å². The van der Waals surface area contributed by atoms with Gasteiger partial charge >= 0.3 is 0 Å². The van der Waals surface area contributed by atoms with Gasteiger partial charge in [0.25, 0.3) is 0 Å². The Kier molecular flexibility index (Phi) is 3.99. The molecule has 0 unspecified atom stereocenters. The van der Waals surface area contributed by atoms with Crippen molar-refractivity contribution in [3.8, 4) is 0 Å². The molecule has 1 aliphatic rings. The molecule has 0 amide bonds. The summed E-state index contributed by atoms with van der Waals surface area (Å²) >= 11 is 5.78. The van der Waals surface area contributed by atoms with Crippen LogP contribution in [0.5, 0.6) is 0 Å². The van der Waals surface area contributed by atoms with E-state index in [0.717, 1.165) is 17.7 Å². The number of hydrogen-bond acceptors (Lipinski definition) is 0. The molecular weight excluding hydrogens is 156 g/mol. The fraction of sp³-hybridized carbons (Fsp3) is 0.800. The first-order valence-corrected chi connectivity index (χ1v) is 5.07. The van der Waals surface area contributed by atoms with Gasteiger partial charge in [0, 0.05) is 5.88 Å². The van der Waals surface area contributed by atoms with Gasteiger partial charge in [0.2, 0.25) is 0 Å². The van der Waals surface area contributed by atoms with E-state index in [-0.39, 0.29) is 0 Å². The number of halogens is 1. The highest BCUT2D eigenvalue weighted by Gasteiger charge is 2.18. The Morgan fingerprint density at radius 2 is 1.73 bits per heavy atom. The van der Waals surface area contributed by atoms with Gasteiger partial charge < -0.3 is 0 Å². The summed E-state index contributed by atoms with van der Waals surface area (Å²) in [6.45, 7) is 3.77. The third kappa shape index (κ3) is 2.86. The van der Waals surface area contributed by atoms with E-state index in [9.17, 15) is 0 Å². The summed E-state index contributed by atoms with van der Waals surface area (Å²) in [5.41, 5.74) is 0. The molecule has 0 aromatic carbocycles. The van der Waals surface area contributed by atoms with E-state index in [0.29, 0.717) is 0 Å². The number of alkyl halides is 1. The van der Waals surface area contributed by atoms with E-state index in [1.807, 2.05) is 6.08 Å². The van der Waals surface area contributed by atoms with Crippen LogP contribution in [0.4, 0.5) is 0 Å². The highest BCUT2D eigenvalue weighted by Crippen LogP contribution is 2.31. The lowest BCUT2D eigenvalue weighted by Crippen LogP contribution is -2.14. The van der Waals surface area contributed by atoms with Gasteiger partial charge in [-0.15, -0.1) is 18.2 Å². The smallest absolute Gasteiger partial charge is 0.0251 e. The molecule has 64 valence electrons. The molecule has 0 aromatic heterocycles. The van der Waals surface area contributed by atoms with Gasteiger partial charge in [-0.1, -0.05) is 6.08 Å². The molecule has 0 nitrogen and oxygen atoms in total. The Bertz CT molecular complexity index is 112. The Balaban J connectivity index is 2.18. The zero-order valence-electron chi connectivity index (χ0n) is 7.06. The molecule has 1 saturated carbocycles. The van der Waals surface area contributed by atoms with Gasteiger partial charge in [0.15, 0.2) is 0 Å². The zero-order chi connectivity index (χ0) is 8.10. The summed E-state index contributed by atoms with van der Waals surface area (Å²) in [7, 11) is 0. The van der Waals surface area contributed by atoms with Crippen molar-refractivity contribution in [1.82, 2.24) is 0 Å². The Morgan fingerprint density at radius 1 is 1.18 bits per heavy atom. The highest BCUT2D eigenvalue weighted by molar-refractivity contribution is 6.18. The molecule has 0 bridgehead atoms. The predicted molar refractivity (Wildman–Crippen MR) is 51.0 cm³/mol. The maximum absolute atomic E-state index is 5.78. The van der Waals surface area contributed by atoms with E-state index in [4.69, 9.17) is 11.6 Å². The molecule has 11 heavy (non-hydrogen) atoms. The van der Waals surface area contributed by atoms with Crippen molar-refractivity contribution in [2.24, 2.45) is 11.8 Å². The maximum Gasteiger partial charge on any atom is 0.0251 e. The van der Waals surface area contributed by atoms with Gasteiger partial charge in [0.1, 0.15) is 0 Å². The molecule has 0 atom stereocenters. The van der Waals surface area contributed by atoms with Crippen LogP contribution in [0, 0.1) is 11.8 Å². The van der Waals surface area contributed by atoms with Crippen molar-refractivity contribution in [3.05, 3.63) is 12.7 Å². The van der Waals surface area contributed by atoms with Crippen LogP contribution in [0.25, 0.3) is 0 Å². The fourth-order valence-corrected chi connectivity index (χ4v) is 2.17. The van der Waals surface area contributed by atoms with Gasteiger partial charge in [-0.3, -0.25) is 0 Å². The summed E-state index contributed by atoms with van der Waals surface area (Å²) in [6, 6.07) is 0. The Hall–Kier alpha value is 0.0300. The summed E-state index contributed by atoms with van der Waals surface area (Å²) in [6.07, 6.45) is 8.65. The minimum atomic E-state index is 0.803. The van der Waals surface area contributed by atoms with E-state index in [2.05, 4.69) is 6.58 Å². The van der Waals surface area contributed by atoms with Crippen LogP contribution < -0.4 is 0 Å². The Morgan fingerprint density at radius 3 is 2.18 bits per heavy atom. The molecule has 0 aliphatic heterocycles. The second-order valence-electron chi connectivity index (χ2n) is 3.57. The molecule has 0 saturated heterocycles. The van der Waals surface area contributed by atoms with Crippen molar-refractivity contribution >= 4 is 11.6 Å². The molecule has 0 aromatic rings. The van der Waals surface area contributed by atoms with Crippen LogP contribution in [-0.4, -0.2) is 5.88 Å². The fourth-order valence-electron chi connectivity index (χ4n) is 1.86. The van der Waals surface area contributed by atoms with Crippen LogP contribution >= 0.6 is 11.6 Å². The monoisotopic (exact) mass is 172 g/mol. The third-order valence-electron chi connectivity index (χ3n) is 2.68. The first-order chi connectivity index (χ1) is 5.36. The second-order valence-corrected chi connectivity index (χ2v) is 3.87. The van der Waals surface area contributed by atoms with Gasteiger partial charge in [-0.05, 0) is 43.9 Å². The average molecular weight is 173 g/mol. The van der Waals surface area contributed by atoms with Crippen molar-refractivity contribution in [2.45, 2.75) is 32.1 Å². The number of allylic oxidation sites excluding steroid dienone is 1. The number of hydrogen-bond donors (Lipinski definition) is 0. The normalized spacial score (nSPS) is 31.7. The van der Waals surface area contributed by atoms with Crippen LogP contribution in [0.15, 0.2) is 12.7 Å². The molecule has 1 fully saturated rings. The van der Waals surface area contributed by atoms with E-state index in [1.165, 1.54) is 32.1 Å². The first kappa shape index (κ1) is 9.12. The van der Waals surface area contributed by atoms with Gasteiger partial charge in [0.05, 0.1) is 0 Å². The largest absolute Gasteiger partial charge is 0.126 e. The zero-order valence-corrected chi connectivity index (χ0v) is 7.82. The summed E-state index contributed by atoms with van der Waals surface area (Å²) in [5, 5.41) is 0. The van der Waals surface area contributed by atoms with Crippen LogP contribution in [0.3, 0.4) is 0 Å². The first-order valence-electron chi connectivity index (χ1n) is 4.53. The lowest BCUT2D eigenvalue weighted by atomic mass is 9.81. The van der Waals surface area contributed by atoms with E-state index < -0.39 is 0 Å². The standard InChI is InChI=1S/C10H17Cl/c1-2-3-9-4-6-10(8-11)7-5-9/h2,9-10H,1,3-8H2/t9-,10-. The lowest BCUT2D eigenvalue weighted by molar-refractivity contribution is 0.294. The minimum Gasteiger partial charge on any atom is -0.126 e. The van der Waals surface area contributed by atoms with Gasteiger partial charge in [-0.25, -0.2) is 0 Å². The quantitative estimate of drug-likeness (QED) is 0.451. The third-order valence-corrected chi connectivity index (χ3v) is 3.12. The molecule has 0 radical (unpaired) electrons. The number of rotatable bonds is 3. The van der Waals surface area contributed by atoms with Crippen LogP contribution in [0.2, 0.25) is 0 Å². The predicted octanol–water partition coefficient (Wildman–Crippen LogP) is 3.61. The molecule has 0 spiro atoms. The molecule has 0 N–H and O–H groups in total. The molecule has 1 aliphatic carbocycles. The molecule has 1 rings (SSSR count). The average Bonchev–Trinajstić information content (AvgIpc) is 2.07. The van der Waals surface area contributed by atoms with E-state index in [1.54, 1.807) is 0 Å². The second kappa shape index (κ2) is 4.82. The molecule has 1 heteroatoms. The lowest BCUT2D eigenvalue weighted by Gasteiger charge is -2.26. The SMILES string of the molecule is C=CC[C@H]1CC[C@H](CCl)CC1. The summed E-state index contributed by atoms with van der Waals surface area (Å²) in [4.78, 5) is 0. The minimum absolute atomic E-state index is 0.803. The molecule has 0 heterocycles.